The summed E-state index contributed by atoms with van der Waals surface area (Å²) in [6.07, 6.45) is 11.2. The van der Waals surface area contributed by atoms with Crippen LogP contribution in [0.3, 0.4) is 0 Å². The highest BCUT2D eigenvalue weighted by Gasteiger charge is 2.35. The van der Waals surface area contributed by atoms with Crippen LogP contribution in [0, 0.1) is 11.3 Å². The van der Waals surface area contributed by atoms with Crippen molar-refractivity contribution in [3.8, 4) is 0 Å². The maximum absolute atomic E-state index is 12.5. The minimum atomic E-state index is -0.135. The largest absolute Gasteiger partial charge is 0.396 e. The Bertz CT molecular complexity index is 287. The highest BCUT2D eigenvalue weighted by atomic mass is 16.3. The molecular weight excluding hydrogens is 238 g/mol. The van der Waals surface area contributed by atoms with Crippen molar-refractivity contribution >= 4 is 5.91 Å². The zero-order valence-corrected chi connectivity index (χ0v) is 12.3. The molecule has 0 aromatic carbocycles. The lowest BCUT2D eigenvalue weighted by Gasteiger charge is -2.33. The summed E-state index contributed by atoms with van der Waals surface area (Å²) in [4.78, 5) is 12.5. The van der Waals surface area contributed by atoms with Gasteiger partial charge in [0.25, 0.3) is 0 Å². The monoisotopic (exact) mass is 267 g/mol. The van der Waals surface area contributed by atoms with Gasteiger partial charge in [-0.15, -0.1) is 0 Å². The van der Waals surface area contributed by atoms with Crippen LogP contribution < -0.4 is 5.32 Å². The zero-order valence-electron chi connectivity index (χ0n) is 12.3. The molecule has 1 amide bonds. The lowest BCUT2D eigenvalue weighted by atomic mass is 9.80. The molecule has 0 aliphatic heterocycles. The maximum Gasteiger partial charge on any atom is 0.226 e. The summed E-state index contributed by atoms with van der Waals surface area (Å²) in [5.74, 6) is 0.739. The summed E-state index contributed by atoms with van der Waals surface area (Å²) in [7, 11) is 0. The minimum absolute atomic E-state index is 0.135. The Balaban J connectivity index is 1.83. The molecule has 0 saturated heterocycles. The van der Waals surface area contributed by atoms with Gasteiger partial charge in [-0.25, -0.2) is 0 Å². The Morgan fingerprint density at radius 3 is 2.21 bits per heavy atom. The van der Waals surface area contributed by atoms with Crippen molar-refractivity contribution < 1.29 is 9.90 Å². The molecular formula is C16H29NO2. The smallest absolute Gasteiger partial charge is 0.226 e. The SMILES string of the molecule is CC1(C(=O)NC2CCC(CO)CC2)CCCCCC1. The third-order valence-electron chi connectivity index (χ3n) is 5.20. The highest BCUT2D eigenvalue weighted by Crippen LogP contribution is 2.35. The molecule has 2 N–H and O–H groups in total. The van der Waals surface area contributed by atoms with Crippen LogP contribution in [0.25, 0.3) is 0 Å². The van der Waals surface area contributed by atoms with Crippen LogP contribution in [0.1, 0.15) is 71.1 Å². The first-order chi connectivity index (χ1) is 9.14. The first-order valence-electron chi connectivity index (χ1n) is 8.06. The van der Waals surface area contributed by atoms with E-state index in [-0.39, 0.29) is 11.3 Å². The van der Waals surface area contributed by atoms with Gasteiger partial charge in [0.1, 0.15) is 0 Å². The van der Waals surface area contributed by atoms with Crippen molar-refractivity contribution in [3.63, 3.8) is 0 Å². The molecule has 2 saturated carbocycles. The van der Waals surface area contributed by atoms with E-state index < -0.39 is 0 Å². The van der Waals surface area contributed by atoms with Crippen molar-refractivity contribution in [2.24, 2.45) is 11.3 Å². The molecule has 0 bridgehead atoms. The topological polar surface area (TPSA) is 49.3 Å². The molecule has 2 aliphatic rings. The summed E-state index contributed by atoms with van der Waals surface area (Å²) in [6.45, 7) is 2.45. The molecule has 0 spiro atoms. The van der Waals surface area contributed by atoms with Gasteiger partial charge in [0.05, 0.1) is 0 Å². The van der Waals surface area contributed by atoms with E-state index in [1.165, 1.54) is 25.7 Å². The van der Waals surface area contributed by atoms with Crippen LogP contribution in [-0.2, 0) is 4.79 Å². The Morgan fingerprint density at radius 1 is 1.11 bits per heavy atom. The Labute approximate surface area is 117 Å². The summed E-state index contributed by atoms with van der Waals surface area (Å²) < 4.78 is 0. The van der Waals surface area contributed by atoms with Gasteiger partial charge in [-0.1, -0.05) is 32.6 Å². The molecule has 2 fully saturated rings. The van der Waals surface area contributed by atoms with E-state index in [9.17, 15) is 4.79 Å². The number of carbonyl (C=O) groups excluding carboxylic acids is 1. The van der Waals surface area contributed by atoms with Crippen LogP contribution in [0.2, 0.25) is 0 Å². The molecule has 2 aliphatic carbocycles. The molecule has 0 heterocycles. The van der Waals surface area contributed by atoms with Crippen LogP contribution in [-0.4, -0.2) is 23.7 Å². The van der Waals surface area contributed by atoms with Gasteiger partial charge in [-0.05, 0) is 44.4 Å². The number of rotatable bonds is 3. The molecule has 19 heavy (non-hydrogen) atoms. The van der Waals surface area contributed by atoms with Gasteiger partial charge >= 0.3 is 0 Å². The van der Waals surface area contributed by atoms with Crippen molar-refractivity contribution in [2.45, 2.75) is 77.2 Å². The molecule has 3 heteroatoms. The highest BCUT2D eigenvalue weighted by molar-refractivity contribution is 5.82. The van der Waals surface area contributed by atoms with E-state index in [4.69, 9.17) is 5.11 Å². The number of hydrogen-bond acceptors (Lipinski definition) is 2. The van der Waals surface area contributed by atoms with E-state index in [0.29, 0.717) is 18.6 Å². The fourth-order valence-electron chi connectivity index (χ4n) is 3.58. The van der Waals surface area contributed by atoms with Crippen LogP contribution in [0.4, 0.5) is 0 Å². The van der Waals surface area contributed by atoms with Crippen molar-refractivity contribution in [2.75, 3.05) is 6.61 Å². The Kier molecular flexibility index (Phi) is 5.26. The number of carbonyl (C=O) groups is 1. The second-order valence-electron chi connectivity index (χ2n) is 6.85. The third kappa shape index (κ3) is 3.95. The predicted molar refractivity (Wildman–Crippen MR) is 76.8 cm³/mol. The molecule has 2 rings (SSSR count). The zero-order chi connectivity index (χ0) is 13.7. The normalized spacial score (nSPS) is 31.5. The fraction of sp³-hybridized carbons (Fsp3) is 0.938. The van der Waals surface area contributed by atoms with Crippen molar-refractivity contribution in [3.05, 3.63) is 0 Å². The quantitative estimate of drug-likeness (QED) is 0.772. The number of hydrogen-bond donors (Lipinski definition) is 2. The molecule has 0 unspecified atom stereocenters. The average molecular weight is 267 g/mol. The Hall–Kier alpha value is -0.570. The second kappa shape index (κ2) is 6.74. The van der Waals surface area contributed by atoms with Crippen LogP contribution >= 0.6 is 0 Å². The summed E-state index contributed by atoms with van der Waals surface area (Å²) in [5, 5.41) is 12.4. The van der Waals surface area contributed by atoms with Gasteiger partial charge in [-0.3, -0.25) is 4.79 Å². The Morgan fingerprint density at radius 2 is 1.68 bits per heavy atom. The fourth-order valence-corrected chi connectivity index (χ4v) is 3.58. The van der Waals surface area contributed by atoms with Gasteiger partial charge in [0.2, 0.25) is 5.91 Å². The van der Waals surface area contributed by atoms with Crippen LogP contribution in [0.15, 0.2) is 0 Å². The minimum Gasteiger partial charge on any atom is -0.396 e. The number of amides is 1. The van der Waals surface area contributed by atoms with Crippen molar-refractivity contribution in [1.29, 1.82) is 0 Å². The predicted octanol–water partition coefficient (Wildman–Crippen LogP) is 3.01. The second-order valence-corrected chi connectivity index (χ2v) is 6.85. The lowest BCUT2D eigenvalue weighted by Crippen LogP contribution is -2.45. The number of aliphatic hydroxyl groups excluding tert-OH is 1. The van der Waals surface area contributed by atoms with Gasteiger partial charge in [-0.2, -0.15) is 0 Å². The van der Waals surface area contributed by atoms with E-state index in [2.05, 4.69) is 12.2 Å². The van der Waals surface area contributed by atoms with Crippen LogP contribution in [0.5, 0.6) is 0 Å². The van der Waals surface area contributed by atoms with Gasteiger partial charge < -0.3 is 10.4 Å². The van der Waals surface area contributed by atoms with E-state index in [0.717, 1.165) is 38.5 Å². The number of aliphatic hydroxyl groups is 1. The van der Waals surface area contributed by atoms with E-state index in [1.54, 1.807) is 0 Å². The molecule has 0 aromatic rings. The molecule has 0 aromatic heterocycles. The maximum atomic E-state index is 12.5. The molecule has 0 atom stereocenters. The van der Waals surface area contributed by atoms with E-state index >= 15 is 0 Å². The standard InChI is InChI=1S/C16H29NO2/c1-16(10-4-2-3-5-11-16)15(19)17-14-8-6-13(12-18)7-9-14/h13-14,18H,2-12H2,1H3,(H,17,19). The van der Waals surface area contributed by atoms with Crippen molar-refractivity contribution in [1.82, 2.24) is 5.32 Å². The molecule has 3 nitrogen and oxygen atoms in total. The first-order valence-corrected chi connectivity index (χ1v) is 8.06. The average Bonchev–Trinajstić information content (AvgIpc) is 2.65. The van der Waals surface area contributed by atoms with Gasteiger partial charge in [0, 0.05) is 18.1 Å². The van der Waals surface area contributed by atoms with Gasteiger partial charge in [0.15, 0.2) is 0 Å². The molecule has 0 radical (unpaired) electrons. The molecule has 110 valence electrons. The summed E-state index contributed by atoms with van der Waals surface area (Å²) >= 11 is 0. The summed E-state index contributed by atoms with van der Waals surface area (Å²) in [5.41, 5.74) is -0.135. The first kappa shape index (κ1) is 14.8. The number of nitrogens with one attached hydrogen (secondary N) is 1. The third-order valence-corrected chi connectivity index (χ3v) is 5.20. The summed E-state index contributed by atoms with van der Waals surface area (Å²) in [6, 6.07) is 0.343. The van der Waals surface area contributed by atoms with E-state index in [1.807, 2.05) is 0 Å². The lowest BCUT2D eigenvalue weighted by molar-refractivity contribution is -0.132.